The average molecular weight is 370 g/mol. The highest BCUT2D eigenvalue weighted by atomic mass is 79.9. The van der Waals surface area contributed by atoms with Gasteiger partial charge in [-0.2, -0.15) is 0 Å². The Kier molecular flexibility index (Phi) is 3.36. The molecule has 0 radical (unpaired) electrons. The molecule has 0 aliphatic carbocycles. The van der Waals surface area contributed by atoms with Crippen molar-refractivity contribution >= 4 is 66.6 Å². The van der Waals surface area contributed by atoms with Gasteiger partial charge in [-0.15, -0.1) is 0 Å². The largest absolute Gasteiger partial charge is 0.478 e. The zero-order chi connectivity index (χ0) is 14.4. The zero-order valence-corrected chi connectivity index (χ0v) is 13.1. The van der Waals surface area contributed by atoms with Crippen molar-refractivity contribution in [3.63, 3.8) is 0 Å². The molecule has 0 aromatic heterocycles. The molecule has 0 fully saturated rings. The van der Waals surface area contributed by atoms with Gasteiger partial charge in [-0.1, -0.05) is 45.2 Å². The number of carboxylic acid groups (broad SMARTS) is 1. The summed E-state index contributed by atoms with van der Waals surface area (Å²) in [7, 11) is 0. The second kappa shape index (κ2) is 4.92. The lowest BCUT2D eigenvalue weighted by Crippen LogP contribution is -1.98. The van der Waals surface area contributed by atoms with E-state index in [0.29, 0.717) is 20.8 Å². The molecule has 0 amide bonds. The van der Waals surface area contributed by atoms with Gasteiger partial charge >= 0.3 is 5.97 Å². The first-order valence-electron chi connectivity index (χ1n) is 5.71. The Bertz CT molecular complexity index is 875. The molecule has 20 heavy (non-hydrogen) atoms. The summed E-state index contributed by atoms with van der Waals surface area (Å²) >= 11 is 15.6. The molecule has 100 valence electrons. The van der Waals surface area contributed by atoms with Gasteiger partial charge in [0.15, 0.2) is 0 Å². The smallest absolute Gasteiger partial charge is 0.336 e. The van der Waals surface area contributed by atoms with Crippen molar-refractivity contribution in [2.75, 3.05) is 0 Å². The third-order valence-corrected chi connectivity index (χ3v) is 4.20. The summed E-state index contributed by atoms with van der Waals surface area (Å²) in [5.41, 5.74) is 0.226. The van der Waals surface area contributed by atoms with Gasteiger partial charge in [0.2, 0.25) is 0 Å². The molecule has 5 heteroatoms. The maximum atomic E-state index is 11.4. The molecule has 0 saturated carbocycles. The quantitative estimate of drug-likeness (QED) is 0.553. The Morgan fingerprint density at radius 3 is 2.35 bits per heavy atom. The average Bonchev–Trinajstić information content (AvgIpc) is 2.37. The van der Waals surface area contributed by atoms with Gasteiger partial charge in [0.1, 0.15) is 0 Å². The van der Waals surface area contributed by atoms with Crippen LogP contribution in [0.3, 0.4) is 0 Å². The van der Waals surface area contributed by atoms with E-state index in [-0.39, 0.29) is 5.56 Å². The molecule has 0 spiro atoms. The molecule has 0 heterocycles. The molecule has 1 N–H and O–H groups in total. The molecule has 0 aliphatic heterocycles. The van der Waals surface area contributed by atoms with E-state index in [0.717, 1.165) is 15.2 Å². The van der Waals surface area contributed by atoms with Crippen LogP contribution in [0.5, 0.6) is 0 Å². The Balaban J connectivity index is 2.62. The number of rotatable bonds is 1. The Labute approximate surface area is 133 Å². The lowest BCUT2D eigenvalue weighted by molar-refractivity contribution is 0.0699. The number of hydrogen-bond acceptors (Lipinski definition) is 1. The minimum Gasteiger partial charge on any atom is -0.478 e. The predicted molar refractivity (Wildman–Crippen MR) is 86.1 cm³/mol. The molecule has 0 bridgehead atoms. The van der Waals surface area contributed by atoms with E-state index in [1.54, 1.807) is 24.3 Å². The van der Waals surface area contributed by atoms with Gasteiger partial charge in [0.25, 0.3) is 0 Å². The van der Waals surface area contributed by atoms with Crippen LogP contribution in [0.2, 0.25) is 10.0 Å². The summed E-state index contributed by atoms with van der Waals surface area (Å²) in [4.78, 5) is 11.4. The summed E-state index contributed by atoms with van der Waals surface area (Å²) in [6, 6.07) is 10.5. The van der Waals surface area contributed by atoms with E-state index < -0.39 is 5.97 Å². The van der Waals surface area contributed by atoms with Crippen molar-refractivity contribution in [2.24, 2.45) is 0 Å². The summed E-state index contributed by atoms with van der Waals surface area (Å²) in [5.74, 6) is -0.981. The first-order valence-corrected chi connectivity index (χ1v) is 7.26. The number of fused-ring (bicyclic) bond motifs is 3. The van der Waals surface area contributed by atoms with Crippen molar-refractivity contribution in [3.05, 3.63) is 56.5 Å². The van der Waals surface area contributed by atoms with Crippen LogP contribution in [0, 0.1) is 0 Å². The van der Waals surface area contributed by atoms with Crippen molar-refractivity contribution < 1.29 is 9.90 Å². The van der Waals surface area contributed by atoms with Crippen molar-refractivity contribution in [3.8, 4) is 0 Å². The lowest BCUT2D eigenvalue weighted by Gasteiger charge is -2.10. The molecule has 0 aliphatic rings. The van der Waals surface area contributed by atoms with E-state index in [1.165, 1.54) is 0 Å². The second-order valence-electron chi connectivity index (χ2n) is 4.40. The van der Waals surface area contributed by atoms with Crippen molar-refractivity contribution in [1.82, 2.24) is 0 Å². The Morgan fingerprint density at radius 1 is 0.950 bits per heavy atom. The van der Waals surface area contributed by atoms with Crippen LogP contribution in [0.1, 0.15) is 10.4 Å². The fourth-order valence-corrected chi connectivity index (χ4v) is 3.24. The molecule has 3 aromatic rings. The van der Waals surface area contributed by atoms with E-state index in [4.69, 9.17) is 23.2 Å². The minimum atomic E-state index is -0.981. The summed E-state index contributed by atoms with van der Waals surface area (Å²) in [6.45, 7) is 0. The topological polar surface area (TPSA) is 37.3 Å². The molecule has 3 aromatic carbocycles. The molecular formula is C15H7BrCl2O2. The highest BCUT2D eigenvalue weighted by Gasteiger charge is 2.14. The Morgan fingerprint density at radius 2 is 1.65 bits per heavy atom. The third-order valence-electron chi connectivity index (χ3n) is 3.18. The van der Waals surface area contributed by atoms with Crippen LogP contribution >= 0.6 is 39.1 Å². The molecule has 0 saturated heterocycles. The van der Waals surface area contributed by atoms with Crippen LogP contribution in [0.15, 0.2) is 40.9 Å². The predicted octanol–water partition coefficient (Wildman–Crippen LogP) is 5.76. The maximum absolute atomic E-state index is 11.4. The fourth-order valence-electron chi connectivity index (χ4n) is 2.33. The van der Waals surface area contributed by atoms with Crippen LogP contribution < -0.4 is 0 Å². The fraction of sp³-hybridized carbons (Fsp3) is 0. The van der Waals surface area contributed by atoms with E-state index >= 15 is 0 Å². The van der Waals surface area contributed by atoms with Gasteiger partial charge in [-0.25, -0.2) is 4.79 Å². The molecular weight excluding hydrogens is 363 g/mol. The minimum absolute atomic E-state index is 0.226. The lowest BCUT2D eigenvalue weighted by atomic mass is 9.97. The van der Waals surface area contributed by atoms with Crippen LogP contribution in [-0.4, -0.2) is 11.1 Å². The van der Waals surface area contributed by atoms with Crippen LogP contribution in [0.25, 0.3) is 21.5 Å². The number of hydrogen-bond donors (Lipinski definition) is 1. The van der Waals surface area contributed by atoms with Gasteiger partial charge in [0.05, 0.1) is 5.56 Å². The maximum Gasteiger partial charge on any atom is 0.336 e. The summed E-state index contributed by atoms with van der Waals surface area (Å²) < 4.78 is 0.866. The summed E-state index contributed by atoms with van der Waals surface area (Å²) in [6.07, 6.45) is 0. The monoisotopic (exact) mass is 368 g/mol. The molecule has 3 rings (SSSR count). The number of aromatic carboxylic acids is 1. The molecule has 2 nitrogen and oxygen atoms in total. The molecule has 0 atom stereocenters. The first kappa shape index (κ1) is 13.7. The van der Waals surface area contributed by atoms with Crippen LogP contribution in [0.4, 0.5) is 0 Å². The van der Waals surface area contributed by atoms with Gasteiger partial charge in [-0.05, 0) is 46.5 Å². The zero-order valence-electron chi connectivity index (χ0n) is 9.95. The van der Waals surface area contributed by atoms with Gasteiger partial charge in [0, 0.05) is 19.9 Å². The van der Waals surface area contributed by atoms with E-state index in [1.807, 2.05) is 12.1 Å². The van der Waals surface area contributed by atoms with Gasteiger partial charge < -0.3 is 5.11 Å². The number of carbonyl (C=O) groups is 1. The highest BCUT2D eigenvalue weighted by Crippen LogP contribution is 2.36. The van der Waals surface area contributed by atoms with E-state index in [9.17, 15) is 9.90 Å². The normalized spacial score (nSPS) is 11.2. The summed E-state index contributed by atoms with van der Waals surface area (Å²) in [5, 5.41) is 13.3. The standard InChI is InChI=1S/C15H7BrCl2O2/c16-7-1-2-9-10(3-7)11-4-8(17)5-14(18)12(11)6-13(9)15(19)20/h1-6H,(H,19,20). The number of carboxylic acids is 1. The van der Waals surface area contributed by atoms with Crippen molar-refractivity contribution in [2.45, 2.75) is 0 Å². The number of halogens is 3. The van der Waals surface area contributed by atoms with Crippen LogP contribution in [-0.2, 0) is 0 Å². The molecule has 0 unspecified atom stereocenters. The first-order chi connectivity index (χ1) is 9.47. The SMILES string of the molecule is O=C(O)c1cc2c(Cl)cc(Cl)cc2c2cc(Br)ccc12. The van der Waals surface area contributed by atoms with Gasteiger partial charge in [-0.3, -0.25) is 0 Å². The highest BCUT2D eigenvalue weighted by molar-refractivity contribution is 9.10. The second-order valence-corrected chi connectivity index (χ2v) is 6.16. The van der Waals surface area contributed by atoms with E-state index in [2.05, 4.69) is 15.9 Å². The third kappa shape index (κ3) is 2.16. The van der Waals surface area contributed by atoms with Crippen molar-refractivity contribution in [1.29, 1.82) is 0 Å². The number of benzene rings is 3. The Hall–Kier alpha value is -1.29.